The lowest BCUT2D eigenvalue weighted by Gasteiger charge is -2.22. The number of ether oxygens (including phenoxy) is 2. The number of benzene rings is 1. The molecule has 8 nitrogen and oxygen atoms in total. The summed E-state index contributed by atoms with van der Waals surface area (Å²) in [6, 6.07) is 6.08. The minimum Gasteiger partial charge on any atom is -0.493 e. The molecule has 0 radical (unpaired) electrons. The van der Waals surface area contributed by atoms with Crippen molar-refractivity contribution in [3.05, 3.63) is 35.7 Å². The van der Waals surface area contributed by atoms with Gasteiger partial charge in [0.2, 0.25) is 0 Å². The number of halogens is 1. The Kier molecular flexibility index (Phi) is 7.93. The van der Waals surface area contributed by atoms with Crippen molar-refractivity contribution < 1.29 is 14.3 Å². The molecule has 164 valence electrons. The SMILES string of the molecule is COc1ccc(CNC(=O)c2cn(C3CCNCC3)nn2)cc1OC1CCCC1.Cl. The van der Waals surface area contributed by atoms with Gasteiger partial charge in [-0.1, -0.05) is 11.3 Å². The van der Waals surface area contributed by atoms with Gasteiger partial charge in [-0.25, -0.2) is 4.68 Å². The van der Waals surface area contributed by atoms with Crippen molar-refractivity contribution in [3.63, 3.8) is 0 Å². The third kappa shape index (κ3) is 5.43. The van der Waals surface area contributed by atoms with Crippen molar-refractivity contribution in [2.75, 3.05) is 20.2 Å². The number of amides is 1. The van der Waals surface area contributed by atoms with Crippen LogP contribution in [0.2, 0.25) is 0 Å². The van der Waals surface area contributed by atoms with Crippen LogP contribution in [0.1, 0.15) is 60.6 Å². The topological polar surface area (TPSA) is 90.3 Å². The van der Waals surface area contributed by atoms with Gasteiger partial charge < -0.3 is 20.1 Å². The molecule has 30 heavy (non-hydrogen) atoms. The molecule has 1 aromatic heterocycles. The lowest BCUT2D eigenvalue weighted by atomic mass is 10.1. The van der Waals surface area contributed by atoms with Gasteiger partial charge >= 0.3 is 0 Å². The van der Waals surface area contributed by atoms with Crippen LogP contribution in [0.25, 0.3) is 0 Å². The number of piperidine rings is 1. The van der Waals surface area contributed by atoms with E-state index in [4.69, 9.17) is 9.47 Å². The molecule has 4 rings (SSSR count). The van der Waals surface area contributed by atoms with Crippen LogP contribution in [0.4, 0.5) is 0 Å². The molecule has 1 saturated heterocycles. The first-order valence-electron chi connectivity index (χ1n) is 10.5. The minimum absolute atomic E-state index is 0. The first-order valence-corrected chi connectivity index (χ1v) is 10.5. The molecule has 1 saturated carbocycles. The smallest absolute Gasteiger partial charge is 0.273 e. The average molecular weight is 436 g/mol. The molecule has 1 amide bonds. The van der Waals surface area contributed by atoms with Gasteiger partial charge in [0, 0.05) is 6.54 Å². The summed E-state index contributed by atoms with van der Waals surface area (Å²) in [6.45, 7) is 2.33. The molecule has 1 aliphatic heterocycles. The molecule has 2 aliphatic rings. The number of nitrogens with zero attached hydrogens (tertiary/aromatic N) is 3. The van der Waals surface area contributed by atoms with E-state index in [1.165, 1.54) is 12.8 Å². The van der Waals surface area contributed by atoms with Crippen molar-refractivity contribution in [3.8, 4) is 11.5 Å². The molecule has 0 spiro atoms. The summed E-state index contributed by atoms with van der Waals surface area (Å²) < 4.78 is 13.4. The zero-order valence-electron chi connectivity index (χ0n) is 17.3. The first kappa shape index (κ1) is 22.4. The second-order valence-electron chi connectivity index (χ2n) is 7.76. The van der Waals surface area contributed by atoms with E-state index in [2.05, 4.69) is 20.9 Å². The quantitative estimate of drug-likeness (QED) is 0.695. The zero-order valence-corrected chi connectivity index (χ0v) is 18.1. The van der Waals surface area contributed by atoms with Gasteiger partial charge in [-0.3, -0.25) is 4.79 Å². The van der Waals surface area contributed by atoms with E-state index < -0.39 is 0 Å². The Morgan fingerprint density at radius 1 is 1.20 bits per heavy atom. The van der Waals surface area contributed by atoms with E-state index in [0.717, 1.165) is 55.8 Å². The second kappa shape index (κ2) is 10.6. The Morgan fingerprint density at radius 3 is 2.70 bits per heavy atom. The summed E-state index contributed by atoms with van der Waals surface area (Å²) in [5, 5.41) is 14.5. The predicted molar refractivity (Wildman–Crippen MR) is 115 cm³/mol. The Hall–Kier alpha value is -2.32. The van der Waals surface area contributed by atoms with E-state index in [1.807, 2.05) is 22.9 Å². The van der Waals surface area contributed by atoms with Crippen LogP contribution in [0, 0.1) is 0 Å². The molecule has 0 atom stereocenters. The van der Waals surface area contributed by atoms with Gasteiger partial charge in [0.05, 0.1) is 25.5 Å². The maximum atomic E-state index is 12.5. The normalized spacial score (nSPS) is 17.4. The number of carbonyl (C=O) groups is 1. The molecule has 1 aliphatic carbocycles. The van der Waals surface area contributed by atoms with Crippen molar-refractivity contribution in [2.45, 2.75) is 57.2 Å². The van der Waals surface area contributed by atoms with E-state index >= 15 is 0 Å². The number of carbonyl (C=O) groups excluding carboxylic acids is 1. The molecular formula is C21H30ClN5O3. The largest absolute Gasteiger partial charge is 0.493 e. The third-order valence-electron chi connectivity index (χ3n) is 5.70. The van der Waals surface area contributed by atoms with Crippen molar-refractivity contribution in [1.29, 1.82) is 0 Å². The van der Waals surface area contributed by atoms with E-state index in [9.17, 15) is 4.79 Å². The van der Waals surface area contributed by atoms with Crippen LogP contribution >= 0.6 is 12.4 Å². The van der Waals surface area contributed by atoms with Crippen LogP contribution in [0.15, 0.2) is 24.4 Å². The van der Waals surface area contributed by atoms with Crippen LogP contribution < -0.4 is 20.1 Å². The molecule has 1 aromatic carbocycles. The number of hydrogen-bond donors (Lipinski definition) is 2. The zero-order chi connectivity index (χ0) is 20.1. The van der Waals surface area contributed by atoms with Crippen LogP contribution in [0.5, 0.6) is 11.5 Å². The van der Waals surface area contributed by atoms with E-state index in [0.29, 0.717) is 18.3 Å². The predicted octanol–water partition coefficient (Wildman–Crippen LogP) is 2.88. The monoisotopic (exact) mass is 435 g/mol. The molecular weight excluding hydrogens is 406 g/mol. The Morgan fingerprint density at radius 2 is 1.97 bits per heavy atom. The van der Waals surface area contributed by atoms with Crippen molar-refractivity contribution in [2.24, 2.45) is 0 Å². The van der Waals surface area contributed by atoms with Gasteiger partial charge in [-0.2, -0.15) is 0 Å². The molecule has 2 aromatic rings. The van der Waals surface area contributed by atoms with Crippen LogP contribution in [0.3, 0.4) is 0 Å². The maximum Gasteiger partial charge on any atom is 0.273 e. The molecule has 9 heteroatoms. The van der Waals surface area contributed by atoms with Crippen molar-refractivity contribution in [1.82, 2.24) is 25.6 Å². The fourth-order valence-electron chi connectivity index (χ4n) is 4.01. The lowest BCUT2D eigenvalue weighted by Crippen LogP contribution is -2.29. The summed E-state index contributed by atoms with van der Waals surface area (Å²) in [4.78, 5) is 12.5. The summed E-state index contributed by atoms with van der Waals surface area (Å²) in [6.07, 6.45) is 8.57. The second-order valence-corrected chi connectivity index (χ2v) is 7.76. The van der Waals surface area contributed by atoms with E-state index in [-0.39, 0.29) is 24.4 Å². The highest BCUT2D eigenvalue weighted by Crippen LogP contribution is 2.32. The van der Waals surface area contributed by atoms with Crippen LogP contribution in [-0.4, -0.2) is 47.2 Å². The molecule has 2 N–H and O–H groups in total. The average Bonchev–Trinajstić information content (AvgIpc) is 3.45. The highest BCUT2D eigenvalue weighted by molar-refractivity contribution is 5.91. The fourth-order valence-corrected chi connectivity index (χ4v) is 4.01. The van der Waals surface area contributed by atoms with Gasteiger partial charge in [0.25, 0.3) is 5.91 Å². The number of nitrogens with one attached hydrogen (secondary N) is 2. The summed E-state index contributed by atoms with van der Waals surface area (Å²) >= 11 is 0. The number of aromatic nitrogens is 3. The molecule has 0 unspecified atom stereocenters. The summed E-state index contributed by atoms with van der Waals surface area (Å²) in [5.74, 6) is 1.24. The highest BCUT2D eigenvalue weighted by Gasteiger charge is 2.20. The number of methoxy groups -OCH3 is 1. The standard InChI is InChI=1S/C21H29N5O3.ClH/c1-28-19-7-6-15(12-20(19)29-17-4-2-3-5-17)13-23-21(27)18-14-26(25-24-18)16-8-10-22-11-9-16;/h6-7,12,14,16-17,22H,2-5,8-11,13H2,1H3,(H,23,27);1H. The van der Waals surface area contributed by atoms with E-state index in [1.54, 1.807) is 13.3 Å². The summed E-state index contributed by atoms with van der Waals surface area (Å²) in [5.41, 5.74) is 1.30. The lowest BCUT2D eigenvalue weighted by molar-refractivity contribution is 0.0945. The Balaban J connectivity index is 0.00000256. The Labute approximate surface area is 183 Å². The van der Waals surface area contributed by atoms with Crippen LogP contribution in [-0.2, 0) is 6.54 Å². The maximum absolute atomic E-state index is 12.5. The number of hydrogen-bond acceptors (Lipinski definition) is 6. The molecule has 2 heterocycles. The fraction of sp³-hybridized carbons (Fsp3) is 0.571. The van der Waals surface area contributed by atoms with Gasteiger partial charge in [0.15, 0.2) is 17.2 Å². The first-order chi connectivity index (χ1) is 14.2. The molecule has 0 bridgehead atoms. The highest BCUT2D eigenvalue weighted by atomic mass is 35.5. The van der Waals surface area contributed by atoms with Gasteiger partial charge in [-0.05, 0) is 69.3 Å². The van der Waals surface area contributed by atoms with Crippen molar-refractivity contribution >= 4 is 18.3 Å². The summed E-state index contributed by atoms with van der Waals surface area (Å²) in [7, 11) is 1.64. The van der Waals surface area contributed by atoms with Gasteiger partial charge in [0.1, 0.15) is 0 Å². The van der Waals surface area contributed by atoms with Gasteiger partial charge in [-0.15, -0.1) is 17.5 Å². The Bertz CT molecular complexity index is 832. The molecule has 2 fully saturated rings. The third-order valence-corrected chi connectivity index (χ3v) is 5.70. The number of rotatable bonds is 7. The minimum atomic E-state index is -0.223.